The van der Waals surface area contributed by atoms with Crippen LogP contribution in [0, 0.1) is 29.1 Å². The molecular formula is C23H13F5O4. The van der Waals surface area contributed by atoms with E-state index in [9.17, 15) is 26.7 Å². The Hall–Kier alpha value is -3.88. The fourth-order valence-electron chi connectivity index (χ4n) is 3.12. The van der Waals surface area contributed by atoms with Gasteiger partial charge in [-0.05, 0) is 24.3 Å². The number of carbonyl (C=O) groups is 1. The lowest BCUT2D eigenvalue weighted by Crippen LogP contribution is -2.09. The lowest BCUT2D eigenvalue weighted by Gasteiger charge is -2.10. The van der Waals surface area contributed by atoms with Crippen molar-refractivity contribution in [3.8, 4) is 17.2 Å². The molecule has 32 heavy (non-hydrogen) atoms. The second kappa shape index (κ2) is 8.33. The number of hydrogen-bond donors (Lipinski definition) is 0. The van der Waals surface area contributed by atoms with Crippen LogP contribution in [0.15, 0.2) is 48.2 Å². The van der Waals surface area contributed by atoms with Gasteiger partial charge in [0.1, 0.15) is 23.9 Å². The summed E-state index contributed by atoms with van der Waals surface area (Å²) >= 11 is 0. The van der Waals surface area contributed by atoms with Gasteiger partial charge in [0.15, 0.2) is 29.0 Å². The van der Waals surface area contributed by atoms with E-state index in [1.54, 1.807) is 24.3 Å². The molecule has 164 valence electrons. The second-order valence-corrected chi connectivity index (χ2v) is 6.68. The molecule has 0 fully saturated rings. The summed E-state index contributed by atoms with van der Waals surface area (Å²) in [6.07, 6.45) is 1.50. The van der Waals surface area contributed by atoms with Crippen molar-refractivity contribution in [1.82, 2.24) is 0 Å². The van der Waals surface area contributed by atoms with Gasteiger partial charge < -0.3 is 14.2 Å². The molecule has 0 spiro atoms. The van der Waals surface area contributed by atoms with E-state index in [0.717, 1.165) is 0 Å². The standard InChI is InChI=1S/C23H13F5O4/c1-30-15-5-3-2-4-11(15)8-17-23(29)13-7-6-12(9-16(13)32-17)31-10-14-18(24)20(26)22(28)21(27)19(14)25/h2-9H,10H2,1H3/b17-8-. The monoisotopic (exact) mass is 448 g/mol. The number of ketones is 1. The summed E-state index contributed by atoms with van der Waals surface area (Å²) < 4.78 is 83.4. The molecule has 0 radical (unpaired) electrons. The van der Waals surface area contributed by atoms with Gasteiger partial charge in [-0.2, -0.15) is 0 Å². The number of carbonyl (C=O) groups excluding carboxylic acids is 1. The number of fused-ring (bicyclic) bond motifs is 1. The first-order chi connectivity index (χ1) is 15.3. The number of hydrogen-bond acceptors (Lipinski definition) is 4. The summed E-state index contributed by atoms with van der Waals surface area (Å²) in [6.45, 7) is -0.928. The zero-order valence-electron chi connectivity index (χ0n) is 16.3. The van der Waals surface area contributed by atoms with Crippen LogP contribution in [0.1, 0.15) is 21.5 Å². The normalized spacial score (nSPS) is 13.8. The van der Waals surface area contributed by atoms with Gasteiger partial charge in [-0.25, -0.2) is 22.0 Å². The topological polar surface area (TPSA) is 44.8 Å². The molecule has 4 nitrogen and oxygen atoms in total. The highest BCUT2D eigenvalue weighted by Gasteiger charge is 2.29. The van der Waals surface area contributed by atoms with Gasteiger partial charge in [0.25, 0.3) is 0 Å². The van der Waals surface area contributed by atoms with Crippen LogP contribution in [0.3, 0.4) is 0 Å². The summed E-state index contributed by atoms with van der Waals surface area (Å²) in [5.41, 5.74) is -0.292. The summed E-state index contributed by atoms with van der Waals surface area (Å²) in [5, 5.41) is 0. The average Bonchev–Trinajstić information content (AvgIpc) is 3.11. The lowest BCUT2D eigenvalue weighted by atomic mass is 10.1. The first-order valence-electron chi connectivity index (χ1n) is 9.16. The Balaban J connectivity index is 1.57. The molecule has 0 unspecified atom stereocenters. The summed E-state index contributed by atoms with van der Waals surface area (Å²) in [7, 11) is 1.48. The molecule has 1 aliphatic rings. The predicted molar refractivity (Wildman–Crippen MR) is 103 cm³/mol. The van der Waals surface area contributed by atoms with Crippen LogP contribution >= 0.6 is 0 Å². The van der Waals surface area contributed by atoms with E-state index in [1.807, 2.05) is 0 Å². The molecule has 0 atom stereocenters. The number of allylic oxidation sites excluding steroid dienone is 1. The molecule has 0 amide bonds. The van der Waals surface area contributed by atoms with Crippen molar-refractivity contribution in [2.75, 3.05) is 7.11 Å². The van der Waals surface area contributed by atoms with E-state index in [0.29, 0.717) is 11.3 Å². The van der Waals surface area contributed by atoms with Gasteiger partial charge in [-0.15, -0.1) is 0 Å². The Bertz CT molecular complexity index is 1240. The maximum atomic E-state index is 13.8. The third-order valence-corrected chi connectivity index (χ3v) is 4.75. The van der Waals surface area contributed by atoms with Crippen LogP contribution in [0.25, 0.3) is 6.08 Å². The lowest BCUT2D eigenvalue weighted by molar-refractivity contribution is 0.101. The number of halogens is 5. The van der Waals surface area contributed by atoms with Crippen LogP contribution in [0.5, 0.6) is 17.2 Å². The Morgan fingerprint density at radius 2 is 1.56 bits per heavy atom. The predicted octanol–water partition coefficient (Wildman–Crippen LogP) is 5.59. The highest BCUT2D eigenvalue weighted by molar-refractivity contribution is 6.14. The van der Waals surface area contributed by atoms with Crippen LogP contribution in [0.2, 0.25) is 0 Å². The minimum absolute atomic E-state index is 0.000895. The Kier molecular flexibility index (Phi) is 5.56. The molecule has 4 rings (SSSR count). The van der Waals surface area contributed by atoms with Gasteiger partial charge in [-0.3, -0.25) is 4.79 Å². The van der Waals surface area contributed by atoms with E-state index < -0.39 is 47.0 Å². The van der Waals surface area contributed by atoms with Gasteiger partial charge >= 0.3 is 0 Å². The van der Waals surface area contributed by atoms with Crippen LogP contribution < -0.4 is 14.2 Å². The van der Waals surface area contributed by atoms with Crippen molar-refractivity contribution >= 4 is 11.9 Å². The van der Waals surface area contributed by atoms with E-state index in [2.05, 4.69) is 0 Å². The van der Waals surface area contributed by atoms with Crippen molar-refractivity contribution in [1.29, 1.82) is 0 Å². The maximum Gasteiger partial charge on any atom is 0.231 e. The molecule has 9 heteroatoms. The number of para-hydroxylation sites is 1. The van der Waals surface area contributed by atoms with Crippen molar-refractivity contribution < 1.29 is 41.0 Å². The molecular weight excluding hydrogens is 435 g/mol. The second-order valence-electron chi connectivity index (χ2n) is 6.68. The largest absolute Gasteiger partial charge is 0.496 e. The quantitative estimate of drug-likeness (QED) is 0.221. The third kappa shape index (κ3) is 3.66. The Morgan fingerprint density at radius 3 is 2.25 bits per heavy atom. The zero-order valence-corrected chi connectivity index (χ0v) is 16.3. The van der Waals surface area contributed by atoms with Crippen molar-refractivity contribution in [2.45, 2.75) is 6.61 Å². The number of benzene rings is 3. The van der Waals surface area contributed by atoms with E-state index >= 15 is 0 Å². The molecule has 0 saturated heterocycles. The van der Waals surface area contributed by atoms with Crippen molar-refractivity contribution in [3.63, 3.8) is 0 Å². The highest BCUT2D eigenvalue weighted by atomic mass is 19.2. The van der Waals surface area contributed by atoms with Gasteiger partial charge in [0.05, 0.1) is 18.2 Å². The summed E-state index contributed by atoms with van der Waals surface area (Å²) in [5.74, 6) is -10.1. The number of methoxy groups -OCH3 is 1. The molecule has 0 N–H and O–H groups in total. The fourth-order valence-corrected chi connectivity index (χ4v) is 3.12. The SMILES string of the molecule is COc1ccccc1/C=C1\Oc2cc(OCc3c(F)c(F)c(F)c(F)c3F)ccc2C1=O. The molecule has 0 bridgehead atoms. The number of ether oxygens (including phenoxy) is 3. The molecule has 1 aliphatic heterocycles. The van der Waals surface area contributed by atoms with E-state index in [4.69, 9.17) is 14.2 Å². The third-order valence-electron chi connectivity index (χ3n) is 4.75. The number of rotatable bonds is 5. The number of Topliss-reactive ketones (excluding diaryl/α,β-unsaturated/α-hetero) is 1. The Labute approximate surface area is 178 Å². The van der Waals surface area contributed by atoms with E-state index in [1.165, 1.54) is 31.4 Å². The van der Waals surface area contributed by atoms with Crippen molar-refractivity contribution in [2.24, 2.45) is 0 Å². The fraction of sp³-hybridized carbons (Fsp3) is 0.0870. The van der Waals surface area contributed by atoms with Gasteiger partial charge in [-0.1, -0.05) is 18.2 Å². The van der Waals surface area contributed by atoms with Gasteiger partial charge in [0, 0.05) is 11.6 Å². The molecule has 0 aromatic heterocycles. The van der Waals surface area contributed by atoms with Crippen LogP contribution in [-0.2, 0) is 6.61 Å². The minimum atomic E-state index is -2.25. The molecule has 0 aliphatic carbocycles. The van der Waals surface area contributed by atoms with Crippen LogP contribution in [0.4, 0.5) is 22.0 Å². The maximum absolute atomic E-state index is 13.8. The zero-order chi connectivity index (χ0) is 23.0. The summed E-state index contributed by atoms with van der Waals surface area (Å²) in [4.78, 5) is 12.6. The average molecular weight is 448 g/mol. The van der Waals surface area contributed by atoms with E-state index in [-0.39, 0.29) is 22.8 Å². The van der Waals surface area contributed by atoms with Crippen LogP contribution in [-0.4, -0.2) is 12.9 Å². The minimum Gasteiger partial charge on any atom is -0.496 e. The Morgan fingerprint density at radius 1 is 0.906 bits per heavy atom. The molecule has 0 saturated carbocycles. The highest BCUT2D eigenvalue weighted by Crippen LogP contribution is 2.36. The van der Waals surface area contributed by atoms with Crippen molar-refractivity contribution in [3.05, 3.63) is 94.0 Å². The first kappa shape index (κ1) is 21.4. The molecule has 1 heterocycles. The molecule has 3 aromatic rings. The smallest absolute Gasteiger partial charge is 0.231 e. The molecule has 3 aromatic carbocycles. The van der Waals surface area contributed by atoms with Gasteiger partial charge in [0.2, 0.25) is 11.6 Å². The summed E-state index contributed by atoms with van der Waals surface area (Å²) in [6, 6.07) is 10.9. The first-order valence-corrected chi connectivity index (χ1v) is 9.16.